The number of hydrogen-bond donors (Lipinski definition) is 1. The van der Waals surface area contributed by atoms with Crippen LogP contribution in [0.4, 0.5) is 0 Å². The topological polar surface area (TPSA) is 21.3 Å². The number of nitrogens with one attached hydrogen (secondary N) is 1. The summed E-state index contributed by atoms with van der Waals surface area (Å²) in [5.41, 5.74) is 1.28. The zero-order valence-electron chi connectivity index (χ0n) is 11.2. The first-order valence-corrected chi connectivity index (χ1v) is 7.20. The van der Waals surface area contributed by atoms with Crippen molar-refractivity contribution in [3.8, 4) is 5.75 Å². The third-order valence-electron chi connectivity index (χ3n) is 2.87. The van der Waals surface area contributed by atoms with Gasteiger partial charge in [0.1, 0.15) is 5.75 Å². The molecule has 0 saturated heterocycles. The van der Waals surface area contributed by atoms with Crippen LogP contribution in [0.3, 0.4) is 0 Å². The van der Waals surface area contributed by atoms with E-state index >= 15 is 0 Å². The lowest BCUT2D eigenvalue weighted by Crippen LogP contribution is -2.14. The molecule has 1 aromatic rings. The molecule has 3 heteroatoms. The predicted octanol–water partition coefficient (Wildman–Crippen LogP) is 3.87. The van der Waals surface area contributed by atoms with Crippen molar-refractivity contribution in [1.29, 1.82) is 0 Å². The minimum Gasteiger partial charge on any atom is -0.496 e. The number of benzene rings is 1. The molecule has 1 atom stereocenters. The second kappa shape index (κ2) is 7.62. The standard InChI is InChI=1S/C14H23NOS/c1-5-6-10-17-13-9-7-8-12(16-4)14(13)11(2)15-3/h7-9,11,15H,5-6,10H2,1-4H3. The second-order valence-corrected chi connectivity index (χ2v) is 5.22. The van der Waals surface area contributed by atoms with E-state index in [1.54, 1.807) is 7.11 Å². The van der Waals surface area contributed by atoms with Crippen LogP contribution in [0.15, 0.2) is 23.1 Å². The molecule has 0 radical (unpaired) electrons. The quantitative estimate of drug-likeness (QED) is 0.589. The maximum atomic E-state index is 5.46. The van der Waals surface area contributed by atoms with Crippen molar-refractivity contribution in [3.63, 3.8) is 0 Å². The van der Waals surface area contributed by atoms with Crippen LogP contribution in [0.2, 0.25) is 0 Å². The molecule has 1 unspecified atom stereocenters. The van der Waals surface area contributed by atoms with Gasteiger partial charge >= 0.3 is 0 Å². The molecule has 0 aromatic heterocycles. The van der Waals surface area contributed by atoms with Gasteiger partial charge in [-0.15, -0.1) is 11.8 Å². The van der Waals surface area contributed by atoms with Gasteiger partial charge in [-0.25, -0.2) is 0 Å². The normalized spacial score (nSPS) is 12.5. The Labute approximate surface area is 109 Å². The summed E-state index contributed by atoms with van der Waals surface area (Å²) >= 11 is 1.92. The first kappa shape index (κ1) is 14.4. The van der Waals surface area contributed by atoms with E-state index in [0.717, 1.165) is 5.75 Å². The number of unbranched alkanes of at least 4 members (excludes halogenated alkanes) is 1. The molecule has 0 aliphatic rings. The molecule has 0 aliphatic carbocycles. The maximum absolute atomic E-state index is 5.46. The highest BCUT2D eigenvalue weighted by molar-refractivity contribution is 7.99. The molecule has 0 fully saturated rings. The number of methoxy groups -OCH3 is 1. The summed E-state index contributed by atoms with van der Waals surface area (Å²) in [6.07, 6.45) is 2.50. The van der Waals surface area contributed by atoms with E-state index in [9.17, 15) is 0 Å². The van der Waals surface area contributed by atoms with Crippen molar-refractivity contribution in [2.75, 3.05) is 19.9 Å². The van der Waals surface area contributed by atoms with Crippen LogP contribution in [0.5, 0.6) is 5.75 Å². The highest BCUT2D eigenvalue weighted by Gasteiger charge is 2.14. The molecular formula is C14H23NOS. The van der Waals surface area contributed by atoms with E-state index in [4.69, 9.17) is 4.74 Å². The van der Waals surface area contributed by atoms with Crippen LogP contribution >= 0.6 is 11.8 Å². The molecule has 1 N–H and O–H groups in total. The minimum absolute atomic E-state index is 0.315. The molecule has 17 heavy (non-hydrogen) atoms. The number of rotatable bonds is 7. The molecule has 0 amide bonds. The predicted molar refractivity (Wildman–Crippen MR) is 76.1 cm³/mol. The smallest absolute Gasteiger partial charge is 0.124 e. The van der Waals surface area contributed by atoms with Gasteiger partial charge in [-0.2, -0.15) is 0 Å². The molecule has 0 saturated carbocycles. The van der Waals surface area contributed by atoms with Crippen LogP contribution < -0.4 is 10.1 Å². The molecule has 96 valence electrons. The Kier molecular flexibility index (Phi) is 6.45. The molecule has 0 bridgehead atoms. The van der Waals surface area contributed by atoms with E-state index < -0.39 is 0 Å². The fourth-order valence-corrected chi connectivity index (χ4v) is 2.99. The van der Waals surface area contributed by atoms with Crippen molar-refractivity contribution in [2.24, 2.45) is 0 Å². The summed E-state index contributed by atoms with van der Waals surface area (Å²) in [5, 5.41) is 3.29. The van der Waals surface area contributed by atoms with Gasteiger partial charge < -0.3 is 10.1 Å². The Morgan fingerprint density at radius 1 is 1.41 bits per heavy atom. The largest absolute Gasteiger partial charge is 0.496 e. The van der Waals surface area contributed by atoms with Gasteiger partial charge in [0.25, 0.3) is 0 Å². The van der Waals surface area contributed by atoms with Gasteiger partial charge in [-0.05, 0) is 38.3 Å². The van der Waals surface area contributed by atoms with Gasteiger partial charge in [-0.3, -0.25) is 0 Å². The molecule has 1 aromatic carbocycles. The summed E-state index contributed by atoms with van der Waals surface area (Å²) in [7, 11) is 3.72. The Morgan fingerprint density at radius 2 is 2.18 bits per heavy atom. The molecule has 0 heterocycles. The lowest BCUT2D eigenvalue weighted by Gasteiger charge is -2.18. The van der Waals surface area contributed by atoms with Crippen molar-refractivity contribution < 1.29 is 4.74 Å². The average Bonchev–Trinajstić information content (AvgIpc) is 2.37. The van der Waals surface area contributed by atoms with Crippen molar-refractivity contribution in [1.82, 2.24) is 5.32 Å². The third kappa shape index (κ3) is 3.93. The summed E-state index contributed by atoms with van der Waals surface area (Å²) in [6.45, 7) is 4.39. The first-order valence-electron chi connectivity index (χ1n) is 6.21. The van der Waals surface area contributed by atoms with Crippen molar-refractivity contribution in [3.05, 3.63) is 23.8 Å². The van der Waals surface area contributed by atoms with E-state index in [-0.39, 0.29) is 0 Å². The van der Waals surface area contributed by atoms with Gasteiger partial charge in [0, 0.05) is 16.5 Å². The molecule has 0 aliphatic heterocycles. The van der Waals surface area contributed by atoms with Gasteiger partial charge in [0.15, 0.2) is 0 Å². The highest BCUT2D eigenvalue weighted by atomic mass is 32.2. The van der Waals surface area contributed by atoms with Crippen LogP contribution in [-0.4, -0.2) is 19.9 Å². The Hall–Kier alpha value is -0.670. The maximum Gasteiger partial charge on any atom is 0.124 e. The Morgan fingerprint density at radius 3 is 2.76 bits per heavy atom. The zero-order chi connectivity index (χ0) is 12.7. The van der Waals surface area contributed by atoms with Crippen LogP contribution in [-0.2, 0) is 0 Å². The number of thioether (sulfide) groups is 1. The minimum atomic E-state index is 0.315. The van der Waals surface area contributed by atoms with Crippen LogP contribution in [0.1, 0.15) is 38.3 Å². The fraction of sp³-hybridized carbons (Fsp3) is 0.571. The van der Waals surface area contributed by atoms with E-state index in [2.05, 4.69) is 31.3 Å². The van der Waals surface area contributed by atoms with Crippen molar-refractivity contribution in [2.45, 2.75) is 37.6 Å². The molecular weight excluding hydrogens is 230 g/mol. The zero-order valence-corrected chi connectivity index (χ0v) is 12.1. The van der Waals surface area contributed by atoms with Gasteiger partial charge in [-0.1, -0.05) is 19.4 Å². The van der Waals surface area contributed by atoms with Crippen molar-refractivity contribution >= 4 is 11.8 Å². The monoisotopic (exact) mass is 253 g/mol. The highest BCUT2D eigenvalue weighted by Crippen LogP contribution is 2.34. The van der Waals surface area contributed by atoms with E-state index in [1.165, 1.54) is 29.1 Å². The Balaban J connectivity index is 2.93. The number of ether oxygens (including phenoxy) is 1. The average molecular weight is 253 g/mol. The molecule has 1 rings (SSSR count). The molecule has 2 nitrogen and oxygen atoms in total. The fourth-order valence-electron chi connectivity index (χ4n) is 1.73. The van der Waals surface area contributed by atoms with Gasteiger partial charge in [0.05, 0.1) is 7.11 Å². The van der Waals surface area contributed by atoms with E-state index in [0.29, 0.717) is 6.04 Å². The third-order valence-corrected chi connectivity index (χ3v) is 4.03. The first-order chi connectivity index (χ1) is 8.24. The number of hydrogen-bond acceptors (Lipinski definition) is 3. The van der Waals surface area contributed by atoms with Crippen LogP contribution in [0, 0.1) is 0 Å². The summed E-state index contributed by atoms with van der Waals surface area (Å²) < 4.78 is 5.46. The lowest BCUT2D eigenvalue weighted by molar-refractivity contribution is 0.401. The van der Waals surface area contributed by atoms with E-state index in [1.807, 2.05) is 24.9 Å². The van der Waals surface area contributed by atoms with Crippen LogP contribution in [0.25, 0.3) is 0 Å². The summed E-state index contributed by atoms with van der Waals surface area (Å²) in [6, 6.07) is 6.60. The lowest BCUT2D eigenvalue weighted by atomic mass is 10.1. The van der Waals surface area contributed by atoms with Gasteiger partial charge in [0.2, 0.25) is 0 Å². The molecule has 0 spiro atoms. The SMILES string of the molecule is CCCCSc1cccc(OC)c1C(C)NC. The summed E-state index contributed by atoms with van der Waals surface area (Å²) in [5.74, 6) is 2.15. The summed E-state index contributed by atoms with van der Waals surface area (Å²) in [4.78, 5) is 1.33. The second-order valence-electron chi connectivity index (χ2n) is 4.08. The Bertz CT molecular complexity index is 341.